The minimum Gasteiger partial charge on any atom is -0.342 e. The number of aryl methyl sites for hydroxylation is 1. The van der Waals surface area contributed by atoms with E-state index >= 15 is 0 Å². The summed E-state index contributed by atoms with van der Waals surface area (Å²) < 4.78 is 6.28. The van der Waals surface area contributed by atoms with Gasteiger partial charge in [-0.3, -0.25) is 14.1 Å². The maximum atomic E-state index is 13.3. The van der Waals surface area contributed by atoms with Gasteiger partial charge in [-0.05, 0) is 55.5 Å². The second-order valence-corrected chi connectivity index (χ2v) is 8.34. The minimum absolute atomic E-state index is 0.109. The van der Waals surface area contributed by atoms with Gasteiger partial charge in [0.2, 0.25) is 0 Å². The Morgan fingerprint density at radius 1 is 1.04 bits per heavy atom. The minimum atomic E-state index is 0.109. The molecule has 3 aromatic heterocycles. The molecule has 1 aromatic carbocycles. The molecule has 1 aliphatic carbocycles. The zero-order valence-electron chi connectivity index (χ0n) is 16.5. The quantitative estimate of drug-likeness (QED) is 0.496. The molecule has 0 spiro atoms. The molecule has 5 rings (SSSR count). The molecular weight excluding hydrogens is 348 g/mol. The van der Waals surface area contributed by atoms with Crippen molar-refractivity contribution < 1.29 is 0 Å². The van der Waals surface area contributed by atoms with Gasteiger partial charge in [-0.2, -0.15) is 0 Å². The van der Waals surface area contributed by atoms with Gasteiger partial charge in [-0.15, -0.1) is 0 Å². The average molecular weight is 374 g/mol. The summed E-state index contributed by atoms with van der Waals surface area (Å²) in [6.45, 7) is 6.01. The SMILES string of the molecule is CC(C)CCn1c(Cn2c(=O)n(C3CC3)c3ccccc32)cc2ncccc21. The summed E-state index contributed by atoms with van der Waals surface area (Å²) >= 11 is 0. The Kier molecular flexibility index (Phi) is 4.11. The summed E-state index contributed by atoms with van der Waals surface area (Å²) in [6.07, 6.45) is 5.15. The summed E-state index contributed by atoms with van der Waals surface area (Å²) in [5.74, 6) is 0.626. The molecule has 0 aliphatic heterocycles. The zero-order valence-corrected chi connectivity index (χ0v) is 16.5. The van der Waals surface area contributed by atoms with E-state index in [0.717, 1.165) is 53.6 Å². The van der Waals surface area contributed by atoms with Crippen molar-refractivity contribution >= 4 is 22.1 Å². The van der Waals surface area contributed by atoms with Crippen LogP contribution in [0, 0.1) is 5.92 Å². The fourth-order valence-corrected chi connectivity index (χ4v) is 4.15. The van der Waals surface area contributed by atoms with Gasteiger partial charge in [0.1, 0.15) is 0 Å². The number of fused-ring (bicyclic) bond motifs is 2. The van der Waals surface area contributed by atoms with Crippen molar-refractivity contribution in [2.75, 3.05) is 0 Å². The number of rotatable bonds is 6. The first-order valence-corrected chi connectivity index (χ1v) is 10.3. The monoisotopic (exact) mass is 374 g/mol. The van der Waals surface area contributed by atoms with E-state index in [1.165, 1.54) is 0 Å². The van der Waals surface area contributed by atoms with E-state index in [-0.39, 0.29) is 5.69 Å². The molecule has 3 heterocycles. The van der Waals surface area contributed by atoms with E-state index in [9.17, 15) is 4.79 Å². The van der Waals surface area contributed by atoms with Crippen LogP contribution in [0.4, 0.5) is 0 Å². The summed E-state index contributed by atoms with van der Waals surface area (Å²) in [4.78, 5) is 17.8. The normalized spacial score (nSPS) is 14.5. The Bertz CT molecular complexity index is 1210. The Labute approximate surface area is 164 Å². The van der Waals surface area contributed by atoms with Crippen LogP contribution < -0.4 is 5.69 Å². The van der Waals surface area contributed by atoms with E-state index in [1.807, 2.05) is 33.5 Å². The molecule has 0 N–H and O–H groups in total. The van der Waals surface area contributed by atoms with Crippen molar-refractivity contribution in [2.45, 2.75) is 52.2 Å². The Balaban J connectivity index is 1.64. The van der Waals surface area contributed by atoms with Gasteiger partial charge in [0, 0.05) is 24.5 Å². The van der Waals surface area contributed by atoms with Gasteiger partial charge in [-0.25, -0.2) is 4.79 Å². The van der Waals surface area contributed by atoms with Crippen LogP contribution in [-0.2, 0) is 13.1 Å². The average Bonchev–Trinajstić information content (AvgIpc) is 3.40. The summed E-state index contributed by atoms with van der Waals surface area (Å²) in [6, 6.07) is 14.8. The van der Waals surface area contributed by atoms with E-state index in [4.69, 9.17) is 0 Å². The molecule has 0 atom stereocenters. The highest BCUT2D eigenvalue weighted by Gasteiger charge is 2.29. The number of para-hydroxylation sites is 2. The van der Waals surface area contributed by atoms with Gasteiger partial charge >= 0.3 is 5.69 Å². The van der Waals surface area contributed by atoms with E-state index in [1.54, 1.807) is 0 Å². The maximum absolute atomic E-state index is 13.3. The highest BCUT2D eigenvalue weighted by atomic mass is 16.1. The molecule has 28 heavy (non-hydrogen) atoms. The van der Waals surface area contributed by atoms with Crippen LogP contribution in [0.25, 0.3) is 22.1 Å². The van der Waals surface area contributed by atoms with Crippen LogP contribution in [0.15, 0.2) is 53.5 Å². The molecule has 4 aromatic rings. The molecule has 5 nitrogen and oxygen atoms in total. The van der Waals surface area contributed by atoms with E-state index in [2.05, 4.69) is 47.7 Å². The van der Waals surface area contributed by atoms with Gasteiger partial charge in [-0.1, -0.05) is 26.0 Å². The number of benzene rings is 1. The fourth-order valence-electron chi connectivity index (χ4n) is 4.15. The topological polar surface area (TPSA) is 44.8 Å². The number of aromatic nitrogens is 4. The molecule has 1 aliphatic rings. The highest BCUT2D eigenvalue weighted by Crippen LogP contribution is 2.36. The molecular formula is C23H26N4O. The Morgan fingerprint density at radius 2 is 1.79 bits per heavy atom. The van der Waals surface area contributed by atoms with E-state index in [0.29, 0.717) is 18.5 Å². The maximum Gasteiger partial charge on any atom is 0.329 e. The lowest BCUT2D eigenvalue weighted by atomic mass is 10.1. The molecule has 144 valence electrons. The van der Waals surface area contributed by atoms with Crippen molar-refractivity contribution in [3.63, 3.8) is 0 Å². The summed E-state index contributed by atoms with van der Waals surface area (Å²) in [5.41, 5.74) is 5.48. The molecule has 0 amide bonds. The summed E-state index contributed by atoms with van der Waals surface area (Å²) in [7, 11) is 0. The number of pyridine rings is 1. The first-order chi connectivity index (χ1) is 13.6. The number of imidazole rings is 1. The number of hydrogen-bond acceptors (Lipinski definition) is 2. The lowest BCUT2D eigenvalue weighted by molar-refractivity contribution is 0.511. The van der Waals surface area contributed by atoms with Crippen LogP contribution >= 0.6 is 0 Å². The van der Waals surface area contributed by atoms with Crippen molar-refractivity contribution in [1.82, 2.24) is 18.7 Å². The van der Waals surface area contributed by atoms with Crippen LogP contribution in [0.3, 0.4) is 0 Å². The number of nitrogens with zero attached hydrogens (tertiary/aromatic N) is 4. The Morgan fingerprint density at radius 3 is 2.54 bits per heavy atom. The third-order valence-electron chi connectivity index (χ3n) is 5.79. The van der Waals surface area contributed by atoms with Crippen molar-refractivity contribution in [2.24, 2.45) is 5.92 Å². The van der Waals surface area contributed by atoms with Crippen molar-refractivity contribution in [1.29, 1.82) is 0 Å². The standard InChI is InChI=1S/C23H26N4O/c1-16(2)11-13-25-18(14-19-20(25)8-5-12-24-19)15-26-21-6-3-4-7-22(21)27(23(26)28)17-9-10-17/h3-8,12,14,16-17H,9-11,13,15H2,1-2H3. The fraction of sp³-hybridized carbons (Fsp3) is 0.391. The second-order valence-electron chi connectivity index (χ2n) is 8.34. The van der Waals surface area contributed by atoms with Crippen LogP contribution in [-0.4, -0.2) is 18.7 Å². The van der Waals surface area contributed by atoms with E-state index < -0.39 is 0 Å². The smallest absolute Gasteiger partial charge is 0.329 e. The summed E-state index contributed by atoms with van der Waals surface area (Å²) in [5, 5.41) is 0. The molecule has 0 radical (unpaired) electrons. The van der Waals surface area contributed by atoms with Crippen LogP contribution in [0.5, 0.6) is 0 Å². The first-order valence-electron chi connectivity index (χ1n) is 10.3. The molecule has 0 saturated heterocycles. The van der Waals surface area contributed by atoms with Gasteiger partial charge < -0.3 is 4.57 Å². The third kappa shape index (κ3) is 2.86. The molecule has 0 unspecified atom stereocenters. The molecule has 1 saturated carbocycles. The molecule has 0 bridgehead atoms. The number of hydrogen-bond donors (Lipinski definition) is 0. The lowest BCUT2D eigenvalue weighted by Crippen LogP contribution is -2.25. The van der Waals surface area contributed by atoms with Crippen LogP contribution in [0.2, 0.25) is 0 Å². The lowest BCUT2D eigenvalue weighted by Gasteiger charge is -2.13. The predicted octanol–water partition coefficient (Wildman–Crippen LogP) is 4.58. The van der Waals surface area contributed by atoms with Crippen LogP contribution in [0.1, 0.15) is 44.8 Å². The van der Waals surface area contributed by atoms with Gasteiger partial charge in [0.25, 0.3) is 0 Å². The second kappa shape index (κ2) is 6.66. The largest absolute Gasteiger partial charge is 0.342 e. The van der Waals surface area contributed by atoms with Gasteiger partial charge in [0.05, 0.1) is 28.6 Å². The highest BCUT2D eigenvalue weighted by molar-refractivity contribution is 5.78. The Hall–Kier alpha value is -2.82. The first kappa shape index (κ1) is 17.3. The van der Waals surface area contributed by atoms with Crippen molar-refractivity contribution in [3.8, 4) is 0 Å². The van der Waals surface area contributed by atoms with Gasteiger partial charge in [0.15, 0.2) is 0 Å². The predicted molar refractivity (Wildman–Crippen MR) is 113 cm³/mol. The molecule has 5 heteroatoms. The zero-order chi connectivity index (χ0) is 19.3. The third-order valence-corrected chi connectivity index (χ3v) is 5.79. The van der Waals surface area contributed by atoms with Crippen molar-refractivity contribution in [3.05, 3.63) is 64.8 Å². The molecule has 1 fully saturated rings.